The Kier molecular flexibility index (Phi) is 5.32. The molecule has 0 amide bonds. The number of rotatable bonds is 2. The van der Waals surface area contributed by atoms with E-state index in [9.17, 15) is 8.78 Å². The predicted octanol–water partition coefficient (Wildman–Crippen LogP) is 13.0. The van der Waals surface area contributed by atoms with Gasteiger partial charge in [-0.25, -0.2) is 0 Å². The second-order valence-corrected chi connectivity index (χ2v) is 12.6. The average molecular weight is 659 g/mol. The van der Waals surface area contributed by atoms with Crippen LogP contribution in [0.15, 0.2) is 130 Å². The quantitative estimate of drug-likeness (QED) is 0.136. The number of halogens is 6. The second-order valence-electron chi connectivity index (χ2n) is 12.6. The zero-order chi connectivity index (χ0) is 33.4. The highest BCUT2D eigenvalue weighted by Gasteiger charge is 2.79. The van der Waals surface area contributed by atoms with Crippen molar-refractivity contribution in [2.24, 2.45) is 0 Å². The lowest BCUT2D eigenvalue weighted by atomic mass is 9.89. The number of hydrogen-bond donors (Lipinski definition) is 0. The van der Waals surface area contributed by atoms with Gasteiger partial charge >= 0.3 is 17.8 Å². The van der Waals surface area contributed by atoms with Gasteiger partial charge in [0.05, 0.1) is 0 Å². The van der Waals surface area contributed by atoms with Gasteiger partial charge in [-0.1, -0.05) is 72.8 Å². The van der Waals surface area contributed by atoms with Crippen LogP contribution in [0.5, 0.6) is 0 Å². The monoisotopic (exact) mass is 658 g/mol. The van der Waals surface area contributed by atoms with Crippen LogP contribution < -0.4 is 0 Å². The van der Waals surface area contributed by atoms with Crippen LogP contribution in [0.25, 0.3) is 87.7 Å². The van der Waals surface area contributed by atoms with Crippen molar-refractivity contribution in [3.63, 3.8) is 0 Å². The zero-order valence-electron chi connectivity index (χ0n) is 25.1. The minimum absolute atomic E-state index is 0.188. The summed E-state index contributed by atoms with van der Waals surface area (Å²) < 4.78 is 103. The summed E-state index contributed by atoms with van der Waals surface area (Å²) >= 11 is 0. The van der Waals surface area contributed by atoms with Crippen LogP contribution in [0.1, 0.15) is 11.1 Å². The van der Waals surface area contributed by atoms with Gasteiger partial charge in [0.1, 0.15) is 22.3 Å². The Labute approximate surface area is 272 Å². The Morgan fingerprint density at radius 3 is 1.24 bits per heavy atom. The standard InChI is InChI=1S/C41H20F6O2/c42-39(43)37-28-7-2-1-5-25(28)26-13-9-21(20-32(26)38(37)40(44,45)41(39,46)47)23-11-15-35-30(18-23)31-19-24(12-16-36(31)49-35)22-10-14-34-29(17-22)27-6-3-4-8-33(27)48-34/h1-20H. The van der Waals surface area contributed by atoms with Crippen molar-refractivity contribution in [2.45, 2.75) is 17.8 Å². The molecule has 0 saturated carbocycles. The molecule has 1 aliphatic carbocycles. The molecule has 49 heavy (non-hydrogen) atoms. The van der Waals surface area contributed by atoms with E-state index < -0.39 is 28.9 Å². The van der Waals surface area contributed by atoms with E-state index in [-0.39, 0.29) is 21.5 Å². The maximum atomic E-state index is 15.4. The number of furan rings is 2. The summed E-state index contributed by atoms with van der Waals surface area (Å²) in [7, 11) is 0. The van der Waals surface area contributed by atoms with Crippen LogP contribution in [-0.4, -0.2) is 5.92 Å². The van der Waals surface area contributed by atoms with Gasteiger partial charge < -0.3 is 8.83 Å². The Morgan fingerprint density at radius 1 is 0.327 bits per heavy atom. The van der Waals surface area contributed by atoms with E-state index in [2.05, 4.69) is 6.07 Å². The van der Waals surface area contributed by atoms with E-state index in [0.717, 1.165) is 43.8 Å². The third-order valence-corrected chi connectivity index (χ3v) is 9.95. The Bertz CT molecular complexity index is 2880. The van der Waals surface area contributed by atoms with Crippen LogP contribution in [0.4, 0.5) is 26.3 Å². The Morgan fingerprint density at radius 2 is 0.694 bits per heavy atom. The SMILES string of the molecule is FC1(F)c2c(c3cc(-c4ccc5oc6ccc(-c7ccc8oc9ccccc9c8c7)cc6c5c4)ccc3c3ccccc23)C(F)(F)C1(F)F. The molecule has 10 rings (SSSR count). The number of fused-ring (bicyclic) bond motifs is 12. The minimum Gasteiger partial charge on any atom is -0.456 e. The molecular weight excluding hydrogens is 638 g/mol. The van der Waals surface area contributed by atoms with Crippen LogP contribution >= 0.6 is 0 Å². The molecule has 0 N–H and O–H groups in total. The van der Waals surface area contributed by atoms with Crippen molar-refractivity contribution in [1.29, 1.82) is 0 Å². The summed E-state index contributed by atoms with van der Waals surface area (Å²) in [6, 6.07) is 35.2. The van der Waals surface area contributed by atoms with Gasteiger partial charge in [-0.15, -0.1) is 0 Å². The molecule has 2 nitrogen and oxygen atoms in total. The predicted molar refractivity (Wildman–Crippen MR) is 180 cm³/mol. The minimum atomic E-state index is -5.60. The van der Waals surface area contributed by atoms with E-state index in [1.165, 1.54) is 30.3 Å². The summed E-state index contributed by atoms with van der Waals surface area (Å²) in [5, 5.41) is 3.29. The molecule has 0 fully saturated rings. The number of benzene rings is 7. The van der Waals surface area contributed by atoms with Gasteiger partial charge in [0, 0.05) is 32.7 Å². The van der Waals surface area contributed by atoms with Crippen molar-refractivity contribution in [3.8, 4) is 22.3 Å². The highest BCUT2D eigenvalue weighted by Crippen LogP contribution is 2.66. The molecule has 9 aromatic rings. The first-order valence-corrected chi connectivity index (χ1v) is 15.6. The Balaban J connectivity index is 1.16. The van der Waals surface area contributed by atoms with Gasteiger partial charge in [-0.3, -0.25) is 0 Å². The fourth-order valence-corrected chi connectivity index (χ4v) is 7.58. The summed E-state index contributed by atoms with van der Waals surface area (Å²) in [4.78, 5) is 0. The molecule has 0 radical (unpaired) electrons. The summed E-state index contributed by atoms with van der Waals surface area (Å²) in [5.74, 6) is -15.8. The third kappa shape index (κ3) is 3.58. The van der Waals surface area contributed by atoms with E-state index in [4.69, 9.17) is 8.83 Å². The van der Waals surface area contributed by atoms with Crippen LogP contribution in [-0.2, 0) is 11.8 Å². The molecule has 0 atom stereocenters. The highest BCUT2D eigenvalue weighted by molar-refractivity contribution is 6.14. The van der Waals surface area contributed by atoms with E-state index in [1.54, 1.807) is 24.3 Å². The lowest BCUT2D eigenvalue weighted by molar-refractivity contribution is -0.301. The highest BCUT2D eigenvalue weighted by atomic mass is 19.3. The van der Waals surface area contributed by atoms with Gasteiger partial charge in [-0.2, -0.15) is 26.3 Å². The van der Waals surface area contributed by atoms with Gasteiger partial charge in [0.15, 0.2) is 0 Å². The lowest BCUT2D eigenvalue weighted by Crippen LogP contribution is -2.43. The van der Waals surface area contributed by atoms with Gasteiger partial charge in [-0.05, 0) is 92.3 Å². The first-order chi connectivity index (χ1) is 23.5. The molecule has 238 valence electrons. The third-order valence-electron chi connectivity index (χ3n) is 9.95. The van der Waals surface area contributed by atoms with Gasteiger partial charge in [0.25, 0.3) is 0 Å². The fraction of sp³-hybridized carbons (Fsp3) is 0.0732. The number of alkyl halides is 6. The first kappa shape index (κ1) is 28.3. The largest absolute Gasteiger partial charge is 0.456 e. The van der Waals surface area contributed by atoms with Crippen molar-refractivity contribution in [2.75, 3.05) is 0 Å². The van der Waals surface area contributed by atoms with Crippen molar-refractivity contribution in [1.82, 2.24) is 0 Å². The smallest absolute Gasteiger partial charge is 0.380 e. The normalized spacial score (nSPS) is 16.4. The molecule has 1 aliphatic rings. The zero-order valence-corrected chi connectivity index (χ0v) is 25.1. The topological polar surface area (TPSA) is 26.3 Å². The molecule has 7 aromatic carbocycles. The molecule has 2 aromatic heterocycles. The van der Waals surface area contributed by atoms with Crippen LogP contribution in [0, 0.1) is 0 Å². The molecule has 8 heteroatoms. The molecule has 0 bridgehead atoms. The van der Waals surface area contributed by atoms with Crippen molar-refractivity contribution in [3.05, 3.63) is 132 Å². The summed E-state index contributed by atoms with van der Waals surface area (Å²) in [6.45, 7) is 0. The molecule has 0 aliphatic heterocycles. The van der Waals surface area contributed by atoms with Crippen LogP contribution in [0.3, 0.4) is 0 Å². The first-order valence-electron chi connectivity index (χ1n) is 15.6. The lowest BCUT2D eigenvalue weighted by Gasteiger charge is -2.23. The number of para-hydroxylation sites is 1. The fourth-order valence-electron chi connectivity index (χ4n) is 7.58. The average Bonchev–Trinajstić information content (AvgIpc) is 3.70. The maximum Gasteiger partial charge on any atom is 0.380 e. The van der Waals surface area contributed by atoms with Crippen molar-refractivity contribution < 1.29 is 35.2 Å². The maximum absolute atomic E-state index is 15.4. The molecule has 0 saturated heterocycles. The molecule has 0 spiro atoms. The molecular formula is C41H20F6O2. The molecule has 2 heterocycles. The molecule has 0 unspecified atom stereocenters. The second kappa shape index (κ2) is 9.23. The van der Waals surface area contributed by atoms with Crippen LogP contribution in [0.2, 0.25) is 0 Å². The summed E-state index contributed by atoms with van der Waals surface area (Å²) in [5.41, 5.74) is 3.04. The Hall–Kier alpha value is -5.76. The van der Waals surface area contributed by atoms with E-state index in [1.807, 2.05) is 60.7 Å². The van der Waals surface area contributed by atoms with E-state index >= 15 is 17.6 Å². The summed E-state index contributed by atoms with van der Waals surface area (Å²) in [6.07, 6.45) is 0. The van der Waals surface area contributed by atoms with Crippen molar-refractivity contribution >= 4 is 65.4 Å². The van der Waals surface area contributed by atoms with E-state index in [0.29, 0.717) is 22.3 Å². The number of hydrogen-bond acceptors (Lipinski definition) is 2. The van der Waals surface area contributed by atoms with Gasteiger partial charge in [0.2, 0.25) is 0 Å².